The highest BCUT2D eigenvalue weighted by Gasteiger charge is 1.97. The number of hydrogen-bond acceptors (Lipinski definition) is 2. The molecule has 2 rings (SSSR count). The fraction of sp³-hybridized carbons (Fsp3) is 0.250. The SMILES string of the molecule is Cn1cc(CNCc2cccc(F)c2)cn1. The van der Waals surface area contributed by atoms with Gasteiger partial charge >= 0.3 is 0 Å². The van der Waals surface area contributed by atoms with Crippen LogP contribution in [0, 0.1) is 5.82 Å². The van der Waals surface area contributed by atoms with Gasteiger partial charge in [-0.05, 0) is 17.7 Å². The smallest absolute Gasteiger partial charge is 0.123 e. The van der Waals surface area contributed by atoms with Crippen LogP contribution in [-0.4, -0.2) is 9.78 Å². The molecule has 1 N–H and O–H groups in total. The molecule has 0 radical (unpaired) electrons. The number of aromatic nitrogens is 2. The lowest BCUT2D eigenvalue weighted by atomic mass is 10.2. The molecule has 0 fully saturated rings. The summed E-state index contributed by atoms with van der Waals surface area (Å²) in [5, 5.41) is 7.31. The highest BCUT2D eigenvalue weighted by Crippen LogP contribution is 2.03. The summed E-state index contributed by atoms with van der Waals surface area (Å²) < 4.78 is 14.6. The van der Waals surface area contributed by atoms with Crippen LogP contribution in [0.1, 0.15) is 11.1 Å². The summed E-state index contributed by atoms with van der Waals surface area (Å²) in [4.78, 5) is 0. The van der Waals surface area contributed by atoms with E-state index in [4.69, 9.17) is 0 Å². The molecule has 1 aromatic carbocycles. The lowest BCUT2D eigenvalue weighted by Gasteiger charge is -2.03. The minimum atomic E-state index is -0.194. The van der Waals surface area contributed by atoms with Gasteiger partial charge in [0.05, 0.1) is 6.20 Å². The number of benzene rings is 1. The van der Waals surface area contributed by atoms with E-state index < -0.39 is 0 Å². The average molecular weight is 219 g/mol. The molecular weight excluding hydrogens is 205 g/mol. The third-order valence-corrected chi connectivity index (χ3v) is 2.31. The molecule has 16 heavy (non-hydrogen) atoms. The van der Waals surface area contributed by atoms with Crippen molar-refractivity contribution in [2.75, 3.05) is 0 Å². The van der Waals surface area contributed by atoms with Crippen molar-refractivity contribution in [3.05, 3.63) is 53.6 Å². The Balaban J connectivity index is 1.84. The second-order valence-electron chi connectivity index (χ2n) is 3.76. The van der Waals surface area contributed by atoms with Gasteiger partial charge in [-0.2, -0.15) is 5.10 Å². The minimum absolute atomic E-state index is 0.194. The van der Waals surface area contributed by atoms with E-state index in [-0.39, 0.29) is 5.82 Å². The van der Waals surface area contributed by atoms with Crippen LogP contribution in [0.4, 0.5) is 4.39 Å². The van der Waals surface area contributed by atoms with E-state index in [1.165, 1.54) is 12.1 Å². The Morgan fingerprint density at radius 3 is 2.81 bits per heavy atom. The normalized spacial score (nSPS) is 10.6. The molecule has 0 aliphatic carbocycles. The third kappa shape index (κ3) is 2.90. The first-order chi connectivity index (χ1) is 7.74. The number of nitrogens with zero attached hydrogens (tertiary/aromatic N) is 2. The fourth-order valence-electron chi connectivity index (χ4n) is 1.56. The Morgan fingerprint density at radius 2 is 2.12 bits per heavy atom. The quantitative estimate of drug-likeness (QED) is 0.850. The van der Waals surface area contributed by atoms with Crippen molar-refractivity contribution in [2.45, 2.75) is 13.1 Å². The van der Waals surface area contributed by atoms with Gasteiger partial charge in [-0.3, -0.25) is 4.68 Å². The van der Waals surface area contributed by atoms with Crippen molar-refractivity contribution in [1.29, 1.82) is 0 Å². The van der Waals surface area contributed by atoms with E-state index in [0.29, 0.717) is 6.54 Å². The van der Waals surface area contributed by atoms with Gasteiger partial charge in [0.25, 0.3) is 0 Å². The van der Waals surface area contributed by atoms with Crippen molar-refractivity contribution in [1.82, 2.24) is 15.1 Å². The van der Waals surface area contributed by atoms with E-state index >= 15 is 0 Å². The first-order valence-corrected chi connectivity index (χ1v) is 5.17. The lowest BCUT2D eigenvalue weighted by Crippen LogP contribution is -2.12. The summed E-state index contributed by atoms with van der Waals surface area (Å²) >= 11 is 0. The summed E-state index contributed by atoms with van der Waals surface area (Å²) in [7, 11) is 1.88. The molecule has 3 nitrogen and oxygen atoms in total. The lowest BCUT2D eigenvalue weighted by molar-refractivity contribution is 0.620. The van der Waals surface area contributed by atoms with E-state index in [9.17, 15) is 4.39 Å². The van der Waals surface area contributed by atoms with Crippen LogP contribution in [0.5, 0.6) is 0 Å². The Labute approximate surface area is 93.9 Å². The van der Waals surface area contributed by atoms with E-state index in [2.05, 4.69) is 10.4 Å². The Kier molecular flexibility index (Phi) is 3.31. The monoisotopic (exact) mass is 219 g/mol. The number of aryl methyl sites for hydroxylation is 1. The summed E-state index contributed by atoms with van der Waals surface area (Å²) in [6.07, 6.45) is 3.77. The number of hydrogen-bond donors (Lipinski definition) is 1. The summed E-state index contributed by atoms with van der Waals surface area (Å²) in [6.45, 7) is 1.40. The van der Waals surface area contributed by atoms with Gasteiger partial charge in [0.15, 0.2) is 0 Å². The molecule has 4 heteroatoms. The molecular formula is C12H14FN3. The van der Waals surface area contributed by atoms with Crippen LogP contribution >= 0.6 is 0 Å². The van der Waals surface area contributed by atoms with Crippen LogP contribution in [-0.2, 0) is 20.1 Å². The van der Waals surface area contributed by atoms with Crippen molar-refractivity contribution >= 4 is 0 Å². The number of rotatable bonds is 4. The molecule has 84 valence electrons. The topological polar surface area (TPSA) is 29.9 Å². The maximum atomic E-state index is 12.9. The van der Waals surface area contributed by atoms with Crippen molar-refractivity contribution in [2.24, 2.45) is 7.05 Å². The summed E-state index contributed by atoms with van der Waals surface area (Å²) in [5.74, 6) is -0.194. The van der Waals surface area contributed by atoms with E-state index in [1.54, 1.807) is 10.7 Å². The number of nitrogens with one attached hydrogen (secondary N) is 1. The van der Waals surface area contributed by atoms with Gasteiger partial charge in [-0.15, -0.1) is 0 Å². The molecule has 0 aliphatic rings. The van der Waals surface area contributed by atoms with Gasteiger partial charge in [0.2, 0.25) is 0 Å². The van der Waals surface area contributed by atoms with Crippen LogP contribution in [0.25, 0.3) is 0 Å². The summed E-state index contributed by atoms with van der Waals surface area (Å²) in [5.41, 5.74) is 2.07. The zero-order chi connectivity index (χ0) is 11.4. The summed E-state index contributed by atoms with van der Waals surface area (Å²) in [6, 6.07) is 6.61. The van der Waals surface area contributed by atoms with Crippen LogP contribution in [0.2, 0.25) is 0 Å². The standard InChI is InChI=1S/C12H14FN3/c1-16-9-11(8-15-16)7-14-6-10-3-2-4-12(13)5-10/h2-5,8-9,14H,6-7H2,1H3. The van der Waals surface area contributed by atoms with Crippen LogP contribution in [0.15, 0.2) is 36.7 Å². The largest absolute Gasteiger partial charge is 0.309 e. The van der Waals surface area contributed by atoms with Crippen molar-refractivity contribution in [3.8, 4) is 0 Å². The maximum absolute atomic E-state index is 12.9. The Hall–Kier alpha value is -1.68. The Morgan fingerprint density at radius 1 is 1.31 bits per heavy atom. The molecule has 0 saturated carbocycles. The maximum Gasteiger partial charge on any atom is 0.123 e. The molecule has 0 atom stereocenters. The average Bonchev–Trinajstić information content (AvgIpc) is 2.64. The van der Waals surface area contributed by atoms with Crippen LogP contribution in [0.3, 0.4) is 0 Å². The molecule has 0 spiro atoms. The van der Waals surface area contributed by atoms with Gasteiger partial charge in [-0.25, -0.2) is 4.39 Å². The highest BCUT2D eigenvalue weighted by molar-refractivity contribution is 5.16. The van der Waals surface area contributed by atoms with Gasteiger partial charge in [0, 0.05) is 31.9 Å². The predicted molar refractivity (Wildman–Crippen MR) is 60.2 cm³/mol. The van der Waals surface area contributed by atoms with Crippen LogP contribution < -0.4 is 5.32 Å². The second-order valence-corrected chi connectivity index (χ2v) is 3.76. The minimum Gasteiger partial charge on any atom is -0.309 e. The van der Waals surface area contributed by atoms with E-state index in [1.807, 2.05) is 25.5 Å². The van der Waals surface area contributed by atoms with Crippen molar-refractivity contribution < 1.29 is 4.39 Å². The molecule has 0 unspecified atom stereocenters. The number of halogens is 1. The van der Waals surface area contributed by atoms with Gasteiger partial charge < -0.3 is 5.32 Å². The first kappa shape index (κ1) is 10.8. The third-order valence-electron chi connectivity index (χ3n) is 2.31. The second kappa shape index (κ2) is 4.90. The van der Waals surface area contributed by atoms with Crippen molar-refractivity contribution in [3.63, 3.8) is 0 Å². The van der Waals surface area contributed by atoms with Gasteiger partial charge in [0.1, 0.15) is 5.82 Å². The zero-order valence-electron chi connectivity index (χ0n) is 9.15. The predicted octanol–water partition coefficient (Wildman–Crippen LogP) is 1.85. The molecule has 0 saturated heterocycles. The first-order valence-electron chi connectivity index (χ1n) is 5.17. The fourth-order valence-corrected chi connectivity index (χ4v) is 1.56. The molecule has 2 aromatic rings. The molecule has 0 aliphatic heterocycles. The van der Waals surface area contributed by atoms with Gasteiger partial charge in [-0.1, -0.05) is 12.1 Å². The van der Waals surface area contributed by atoms with E-state index in [0.717, 1.165) is 17.7 Å². The Bertz CT molecular complexity index is 465. The molecule has 1 heterocycles. The zero-order valence-corrected chi connectivity index (χ0v) is 9.15. The molecule has 0 amide bonds. The molecule has 0 bridgehead atoms. The molecule has 1 aromatic heterocycles. The highest BCUT2D eigenvalue weighted by atomic mass is 19.1.